The van der Waals surface area contributed by atoms with Crippen molar-refractivity contribution in [2.75, 3.05) is 7.11 Å². The number of methoxy groups -OCH3 is 1. The highest BCUT2D eigenvalue weighted by Gasteiger charge is 2.12. The molecular formula is C18H17N3O. The maximum absolute atomic E-state index is 5.16. The fourth-order valence-electron chi connectivity index (χ4n) is 3.16. The Bertz CT molecular complexity index is 845. The molecule has 0 fully saturated rings. The summed E-state index contributed by atoms with van der Waals surface area (Å²) in [7, 11) is 1.61. The van der Waals surface area contributed by atoms with Crippen LogP contribution in [-0.4, -0.2) is 22.1 Å². The van der Waals surface area contributed by atoms with Crippen LogP contribution >= 0.6 is 0 Å². The summed E-state index contributed by atoms with van der Waals surface area (Å²) in [6.07, 6.45) is 6.08. The predicted octanol–water partition coefficient (Wildman–Crippen LogP) is 3.11. The molecular weight excluding hydrogens is 274 g/mol. The van der Waals surface area contributed by atoms with Crippen LogP contribution in [-0.2, 0) is 19.3 Å². The van der Waals surface area contributed by atoms with E-state index in [9.17, 15) is 0 Å². The highest BCUT2D eigenvalue weighted by Crippen LogP contribution is 2.25. The van der Waals surface area contributed by atoms with Crippen molar-refractivity contribution in [2.24, 2.45) is 0 Å². The van der Waals surface area contributed by atoms with Crippen LogP contribution in [0.2, 0.25) is 0 Å². The van der Waals surface area contributed by atoms with Crippen molar-refractivity contribution in [1.29, 1.82) is 0 Å². The molecule has 22 heavy (non-hydrogen) atoms. The Hall–Kier alpha value is -2.49. The van der Waals surface area contributed by atoms with Crippen LogP contribution in [0.15, 0.2) is 36.7 Å². The van der Waals surface area contributed by atoms with E-state index < -0.39 is 0 Å². The van der Waals surface area contributed by atoms with Gasteiger partial charge in [-0.3, -0.25) is 0 Å². The van der Waals surface area contributed by atoms with Crippen LogP contribution in [0.25, 0.3) is 11.0 Å². The molecule has 0 aliphatic heterocycles. The third-order valence-electron chi connectivity index (χ3n) is 4.30. The van der Waals surface area contributed by atoms with Gasteiger partial charge in [0.1, 0.15) is 6.33 Å². The first-order valence-electron chi connectivity index (χ1n) is 7.59. The molecule has 0 atom stereocenters. The van der Waals surface area contributed by atoms with Crippen molar-refractivity contribution in [3.8, 4) is 5.88 Å². The summed E-state index contributed by atoms with van der Waals surface area (Å²) < 4.78 is 5.16. The second-order valence-electron chi connectivity index (χ2n) is 5.68. The summed E-state index contributed by atoms with van der Waals surface area (Å²) in [4.78, 5) is 13.1. The molecule has 1 aromatic carbocycles. The molecule has 0 spiro atoms. The number of aryl methyl sites for hydroxylation is 2. The summed E-state index contributed by atoms with van der Waals surface area (Å²) in [5.41, 5.74) is 6.00. The van der Waals surface area contributed by atoms with E-state index in [1.807, 2.05) is 12.1 Å². The zero-order chi connectivity index (χ0) is 14.9. The third-order valence-corrected chi connectivity index (χ3v) is 4.30. The molecule has 0 saturated carbocycles. The Morgan fingerprint density at radius 3 is 2.86 bits per heavy atom. The van der Waals surface area contributed by atoms with E-state index in [2.05, 4.69) is 33.2 Å². The highest BCUT2D eigenvalue weighted by molar-refractivity contribution is 5.77. The summed E-state index contributed by atoms with van der Waals surface area (Å²) in [5, 5.41) is 0.990. The Balaban J connectivity index is 1.72. The number of benzene rings is 1. The summed E-state index contributed by atoms with van der Waals surface area (Å²) in [6.45, 7) is 0. The number of fused-ring (bicyclic) bond motifs is 2. The average molecular weight is 291 g/mol. The van der Waals surface area contributed by atoms with Gasteiger partial charge >= 0.3 is 0 Å². The SMILES string of the molecule is COc1ccc2c(Cc3ccc4c(c3)CCC4)ncnc2n1. The number of rotatable bonds is 3. The third kappa shape index (κ3) is 2.30. The minimum absolute atomic E-state index is 0.578. The topological polar surface area (TPSA) is 47.9 Å². The fraction of sp³-hybridized carbons (Fsp3) is 0.278. The van der Waals surface area contributed by atoms with E-state index in [4.69, 9.17) is 4.74 Å². The summed E-state index contributed by atoms with van der Waals surface area (Å²) >= 11 is 0. The van der Waals surface area contributed by atoms with Gasteiger partial charge in [0.05, 0.1) is 12.8 Å². The molecule has 0 saturated heterocycles. The molecule has 4 heteroatoms. The van der Waals surface area contributed by atoms with E-state index in [0.717, 1.165) is 17.5 Å². The largest absolute Gasteiger partial charge is 0.481 e. The molecule has 2 aromatic heterocycles. The van der Waals surface area contributed by atoms with Crippen LogP contribution in [0.1, 0.15) is 28.8 Å². The van der Waals surface area contributed by atoms with Gasteiger partial charge in [0.2, 0.25) is 5.88 Å². The smallest absolute Gasteiger partial charge is 0.215 e. The quantitative estimate of drug-likeness (QED) is 0.744. The number of nitrogens with zero attached hydrogens (tertiary/aromatic N) is 3. The van der Waals surface area contributed by atoms with E-state index in [1.54, 1.807) is 13.4 Å². The first kappa shape index (κ1) is 13.2. The first-order valence-corrected chi connectivity index (χ1v) is 7.59. The van der Waals surface area contributed by atoms with Crippen LogP contribution in [0.5, 0.6) is 5.88 Å². The van der Waals surface area contributed by atoms with Gasteiger partial charge in [0, 0.05) is 17.9 Å². The van der Waals surface area contributed by atoms with E-state index in [1.165, 1.54) is 36.0 Å². The molecule has 0 N–H and O–H groups in total. The summed E-state index contributed by atoms with van der Waals surface area (Å²) in [6, 6.07) is 10.7. The number of pyridine rings is 1. The number of ether oxygens (including phenoxy) is 1. The van der Waals surface area contributed by atoms with Crippen molar-refractivity contribution in [1.82, 2.24) is 15.0 Å². The van der Waals surface area contributed by atoms with Gasteiger partial charge < -0.3 is 4.74 Å². The highest BCUT2D eigenvalue weighted by atomic mass is 16.5. The second kappa shape index (κ2) is 5.37. The minimum Gasteiger partial charge on any atom is -0.481 e. The molecule has 0 unspecified atom stereocenters. The van der Waals surface area contributed by atoms with Crippen LogP contribution in [0.3, 0.4) is 0 Å². The molecule has 0 bridgehead atoms. The first-order chi connectivity index (χ1) is 10.8. The maximum atomic E-state index is 5.16. The normalized spacial score (nSPS) is 13.3. The molecule has 1 aliphatic rings. The van der Waals surface area contributed by atoms with Crippen molar-refractivity contribution < 1.29 is 4.74 Å². The lowest BCUT2D eigenvalue weighted by molar-refractivity contribution is 0.399. The Kier molecular flexibility index (Phi) is 3.22. The summed E-state index contributed by atoms with van der Waals surface area (Å²) in [5.74, 6) is 0.578. The second-order valence-corrected chi connectivity index (χ2v) is 5.68. The minimum atomic E-state index is 0.578. The Morgan fingerprint density at radius 2 is 1.95 bits per heavy atom. The van der Waals surface area contributed by atoms with Gasteiger partial charge in [-0.1, -0.05) is 18.2 Å². The van der Waals surface area contributed by atoms with Gasteiger partial charge in [-0.05, 0) is 42.0 Å². The van der Waals surface area contributed by atoms with Gasteiger partial charge in [-0.15, -0.1) is 0 Å². The van der Waals surface area contributed by atoms with Crippen molar-refractivity contribution in [2.45, 2.75) is 25.7 Å². The van der Waals surface area contributed by atoms with Crippen molar-refractivity contribution in [3.05, 3.63) is 59.0 Å². The lowest BCUT2D eigenvalue weighted by Gasteiger charge is -2.07. The van der Waals surface area contributed by atoms with Crippen molar-refractivity contribution in [3.63, 3.8) is 0 Å². The van der Waals surface area contributed by atoms with Crippen LogP contribution in [0, 0.1) is 0 Å². The monoisotopic (exact) mass is 291 g/mol. The van der Waals surface area contributed by atoms with Gasteiger partial charge in [-0.25, -0.2) is 9.97 Å². The zero-order valence-corrected chi connectivity index (χ0v) is 12.5. The standard InChI is InChI=1S/C18H17N3O/c1-22-17-8-7-15-16(19-11-20-18(15)21-17)10-12-5-6-13-3-2-4-14(13)9-12/h5-9,11H,2-4,10H2,1H3. The lowest BCUT2D eigenvalue weighted by Crippen LogP contribution is -1.98. The van der Waals surface area contributed by atoms with Gasteiger partial charge in [0.25, 0.3) is 0 Å². The van der Waals surface area contributed by atoms with Gasteiger partial charge in [-0.2, -0.15) is 4.98 Å². The average Bonchev–Trinajstić information content (AvgIpc) is 3.02. The number of hydrogen-bond acceptors (Lipinski definition) is 4. The van der Waals surface area contributed by atoms with E-state index in [0.29, 0.717) is 11.5 Å². The number of hydrogen-bond donors (Lipinski definition) is 0. The van der Waals surface area contributed by atoms with Gasteiger partial charge in [0.15, 0.2) is 5.65 Å². The molecule has 4 nitrogen and oxygen atoms in total. The maximum Gasteiger partial charge on any atom is 0.215 e. The van der Waals surface area contributed by atoms with Crippen LogP contribution < -0.4 is 4.74 Å². The fourth-order valence-corrected chi connectivity index (χ4v) is 3.16. The number of aromatic nitrogens is 3. The molecule has 1 aliphatic carbocycles. The Morgan fingerprint density at radius 1 is 1.05 bits per heavy atom. The van der Waals surface area contributed by atoms with E-state index >= 15 is 0 Å². The lowest BCUT2D eigenvalue weighted by atomic mass is 10.0. The molecule has 0 radical (unpaired) electrons. The predicted molar refractivity (Wildman–Crippen MR) is 85.2 cm³/mol. The van der Waals surface area contributed by atoms with E-state index in [-0.39, 0.29) is 0 Å². The molecule has 3 aromatic rings. The van der Waals surface area contributed by atoms with Crippen LogP contribution in [0.4, 0.5) is 0 Å². The Labute approximate surface area is 129 Å². The molecule has 110 valence electrons. The van der Waals surface area contributed by atoms with Crippen molar-refractivity contribution >= 4 is 11.0 Å². The molecule has 0 amide bonds. The zero-order valence-electron chi connectivity index (χ0n) is 12.5. The molecule has 4 rings (SSSR count). The molecule has 2 heterocycles.